The van der Waals surface area contributed by atoms with Gasteiger partial charge in [0.25, 0.3) is 0 Å². The largest absolute Gasteiger partial charge is 0.494 e. The van der Waals surface area contributed by atoms with Crippen LogP contribution in [0.3, 0.4) is 0 Å². The molecule has 0 aliphatic carbocycles. The van der Waals surface area contributed by atoms with Crippen LogP contribution >= 0.6 is 0 Å². The summed E-state index contributed by atoms with van der Waals surface area (Å²) >= 11 is 0. The minimum absolute atomic E-state index is 0.120. The van der Waals surface area contributed by atoms with Crippen molar-refractivity contribution < 1.29 is 18.3 Å². The molecule has 1 unspecified atom stereocenters. The van der Waals surface area contributed by atoms with E-state index in [9.17, 15) is 8.78 Å². The molecule has 34 heavy (non-hydrogen) atoms. The summed E-state index contributed by atoms with van der Waals surface area (Å²) in [4.78, 5) is 2.64. The first-order chi connectivity index (χ1) is 16.7. The molecule has 2 aliphatic rings. The Labute approximate surface area is 200 Å². The summed E-state index contributed by atoms with van der Waals surface area (Å²) < 4.78 is 39.6. The zero-order valence-corrected chi connectivity index (χ0v) is 19.3. The third-order valence-corrected chi connectivity index (χ3v) is 7.09. The van der Waals surface area contributed by atoms with E-state index in [0.29, 0.717) is 12.1 Å². The molecule has 3 nitrogen and oxygen atoms in total. The minimum Gasteiger partial charge on any atom is -0.494 e. The predicted molar refractivity (Wildman–Crippen MR) is 129 cm³/mol. The van der Waals surface area contributed by atoms with Crippen molar-refractivity contribution in [3.8, 4) is 5.75 Å². The lowest BCUT2D eigenvalue weighted by Gasteiger charge is -2.40. The molecular formula is C29H31F2NO2. The summed E-state index contributed by atoms with van der Waals surface area (Å²) in [5.74, 6) is 0.374. The van der Waals surface area contributed by atoms with E-state index in [4.69, 9.17) is 9.47 Å². The Kier molecular flexibility index (Phi) is 7.21. The number of para-hydroxylation sites is 1. The number of piperidine rings is 1. The Morgan fingerprint density at radius 2 is 1.32 bits per heavy atom. The molecule has 3 atom stereocenters. The summed E-state index contributed by atoms with van der Waals surface area (Å²) in [5, 5.41) is 0. The van der Waals surface area contributed by atoms with Crippen LogP contribution in [0.25, 0.3) is 0 Å². The van der Waals surface area contributed by atoms with Gasteiger partial charge in [0.05, 0.1) is 12.7 Å². The molecular weight excluding hydrogens is 432 g/mol. The van der Waals surface area contributed by atoms with Crippen molar-refractivity contribution in [2.45, 2.75) is 56.4 Å². The molecule has 0 N–H and O–H groups in total. The minimum atomic E-state index is -0.337. The van der Waals surface area contributed by atoms with E-state index in [1.165, 1.54) is 37.1 Å². The lowest BCUT2D eigenvalue weighted by Crippen LogP contribution is -2.46. The smallest absolute Gasteiger partial charge is 0.123 e. The first kappa shape index (κ1) is 23.0. The summed E-state index contributed by atoms with van der Waals surface area (Å²) in [6, 6.07) is 23.9. The average molecular weight is 464 g/mol. The Balaban J connectivity index is 1.20. The summed E-state index contributed by atoms with van der Waals surface area (Å²) in [6.07, 6.45) is 5.14. The highest BCUT2D eigenvalue weighted by molar-refractivity contribution is 5.30. The number of fused-ring (bicyclic) bond motifs is 2. The second-order valence-corrected chi connectivity index (χ2v) is 9.35. The van der Waals surface area contributed by atoms with E-state index in [2.05, 4.69) is 4.90 Å². The maximum atomic E-state index is 13.5. The molecule has 2 bridgehead atoms. The highest BCUT2D eigenvalue weighted by Crippen LogP contribution is 2.39. The molecule has 2 saturated heterocycles. The van der Waals surface area contributed by atoms with Crippen LogP contribution in [0.2, 0.25) is 0 Å². The molecule has 2 fully saturated rings. The molecule has 5 rings (SSSR count). The van der Waals surface area contributed by atoms with Crippen molar-refractivity contribution in [2.24, 2.45) is 0 Å². The fraction of sp³-hybridized carbons (Fsp3) is 0.379. The molecule has 0 spiro atoms. The van der Waals surface area contributed by atoms with Gasteiger partial charge in [0.1, 0.15) is 23.5 Å². The number of halogens is 2. The van der Waals surface area contributed by atoms with Gasteiger partial charge in [-0.2, -0.15) is 0 Å². The summed E-state index contributed by atoms with van der Waals surface area (Å²) in [5.41, 5.74) is 1.78. The second kappa shape index (κ2) is 10.7. The van der Waals surface area contributed by atoms with E-state index in [1.54, 1.807) is 24.3 Å². The van der Waals surface area contributed by atoms with Gasteiger partial charge in [-0.1, -0.05) is 42.5 Å². The molecule has 2 heterocycles. The molecule has 0 radical (unpaired) electrons. The van der Waals surface area contributed by atoms with Gasteiger partial charge in [0.15, 0.2) is 0 Å². The van der Waals surface area contributed by atoms with Crippen LogP contribution < -0.4 is 4.74 Å². The SMILES string of the molecule is Fc1ccc(C(OC2C[C@H]3CC[C@@H](C2)N3CCCOc2ccccc2)c2ccc(F)cc2)cc1. The van der Waals surface area contributed by atoms with Crippen LogP contribution in [0.1, 0.15) is 49.3 Å². The van der Waals surface area contributed by atoms with Crippen LogP contribution in [-0.2, 0) is 4.74 Å². The molecule has 178 valence electrons. The lowest BCUT2D eigenvalue weighted by atomic mass is 9.97. The van der Waals surface area contributed by atoms with Crippen LogP contribution in [-0.4, -0.2) is 36.2 Å². The fourth-order valence-electron chi connectivity index (χ4n) is 5.47. The average Bonchev–Trinajstić information content (AvgIpc) is 3.09. The molecule has 3 aromatic rings. The Bertz CT molecular complexity index is 982. The normalized spacial score (nSPS) is 22.3. The van der Waals surface area contributed by atoms with Crippen LogP contribution in [0.4, 0.5) is 8.78 Å². The number of rotatable bonds is 9. The maximum absolute atomic E-state index is 13.5. The van der Waals surface area contributed by atoms with E-state index >= 15 is 0 Å². The van der Waals surface area contributed by atoms with Gasteiger partial charge in [0.2, 0.25) is 0 Å². The van der Waals surface area contributed by atoms with E-state index < -0.39 is 0 Å². The fourth-order valence-corrected chi connectivity index (χ4v) is 5.47. The maximum Gasteiger partial charge on any atom is 0.123 e. The van der Waals surface area contributed by atoms with Crippen molar-refractivity contribution in [2.75, 3.05) is 13.2 Å². The van der Waals surface area contributed by atoms with Gasteiger partial charge in [-0.3, -0.25) is 4.90 Å². The quantitative estimate of drug-likeness (QED) is 0.337. The first-order valence-corrected chi connectivity index (χ1v) is 12.3. The van der Waals surface area contributed by atoms with Gasteiger partial charge in [-0.25, -0.2) is 8.78 Å². The number of benzene rings is 3. The lowest BCUT2D eigenvalue weighted by molar-refractivity contribution is -0.0487. The second-order valence-electron chi connectivity index (χ2n) is 9.35. The van der Waals surface area contributed by atoms with E-state index in [1.807, 2.05) is 30.3 Å². The Hall–Kier alpha value is -2.76. The zero-order valence-electron chi connectivity index (χ0n) is 19.3. The monoisotopic (exact) mass is 463 g/mol. The number of hydrogen-bond donors (Lipinski definition) is 0. The van der Waals surface area contributed by atoms with E-state index in [-0.39, 0.29) is 23.8 Å². The summed E-state index contributed by atoms with van der Waals surface area (Å²) in [7, 11) is 0. The Morgan fingerprint density at radius 3 is 1.88 bits per heavy atom. The van der Waals surface area contributed by atoms with Crippen molar-refractivity contribution in [1.82, 2.24) is 4.90 Å². The van der Waals surface area contributed by atoms with Gasteiger partial charge in [0, 0.05) is 18.6 Å². The van der Waals surface area contributed by atoms with Crippen molar-refractivity contribution >= 4 is 0 Å². The topological polar surface area (TPSA) is 21.7 Å². The van der Waals surface area contributed by atoms with Crippen molar-refractivity contribution in [3.63, 3.8) is 0 Å². The van der Waals surface area contributed by atoms with Gasteiger partial charge in [-0.15, -0.1) is 0 Å². The highest BCUT2D eigenvalue weighted by atomic mass is 19.1. The molecule has 0 saturated carbocycles. The predicted octanol–water partition coefficient (Wildman–Crippen LogP) is 6.54. The first-order valence-electron chi connectivity index (χ1n) is 12.3. The highest BCUT2D eigenvalue weighted by Gasteiger charge is 2.41. The van der Waals surface area contributed by atoms with Crippen molar-refractivity contribution in [3.05, 3.63) is 102 Å². The van der Waals surface area contributed by atoms with Gasteiger partial charge in [-0.05, 0) is 79.6 Å². The molecule has 0 aromatic heterocycles. The van der Waals surface area contributed by atoms with Crippen LogP contribution in [0.15, 0.2) is 78.9 Å². The number of nitrogens with zero attached hydrogens (tertiary/aromatic N) is 1. The summed E-state index contributed by atoms with van der Waals surface area (Å²) in [6.45, 7) is 1.76. The van der Waals surface area contributed by atoms with Crippen LogP contribution in [0.5, 0.6) is 5.75 Å². The standard InChI is InChI=1S/C29H31F2NO2/c30-23-11-7-21(8-12-23)29(22-9-13-24(31)14-10-22)34-28-19-25-15-16-26(20-28)32(25)17-4-18-33-27-5-2-1-3-6-27/h1-3,5-14,25-26,28-29H,4,15-20H2/t25-,26+,28?. The van der Waals surface area contributed by atoms with Crippen molar-refractivity contribution in [1.29, 1.82) is 0 Å². The number of ether oxygens (including phenoxy) is 2. The molecule has 2 aliphatic heterocycles. The van der Waals surface area contributed by atoms with Gasteiger partial charge >= 0.3 is 0 Å². The Morgan fingerprint density at radius 1 is 0.765 bits per heavy atom. The third kappa shape index (κ3) is 5.48. The number of hydrogen-bond acceptors (Lipinski definition) is 3. The molecule has 5 heteroatoms. The zero-order chi connectivity index (χ0) is 23.3. The molecule has 3 aromatic carbocycles. The molecule has 0 amide bonds. The van der Waals surface area contributed by atoms with Crippen LogP contribution in [0, 0.1) is 11.6 Å². The van der Waals surface area contributed by atoms with Gasteiger partial charge < -0.3 is 9.47 Å². The third-order valence-electron chi connectivity index (χ3n) is 7.09. The van der Waals surface area contributed by atoms with E-state index in [0.717, 1.165) is 49.3 Å².